The molecular formula is C15H19FN4OS. The summed E-state index contributed by atoms with van der Waals surface area (Å²) in [5.41, 5.74) is 1.00. The number of carbonyl (C=O) groups is 1. The van der Waals surface area contributed by atoms with Crippen LogP contribution < -0.4 is 5.32 Å². The molecule has 0 radical (unpaired) electrons. The van der Waals surface area contributed by atoms with Gasteiger partial charge in [-0.1, -0.05) is 0 Å². The van der Waals surface area contributed by atoms with Crippen LogP contribution in [0, 0.1) is 5.82 Å². The maximum absolute atomic E-state index is 13.5. The third-order valence-electron chi connectivity index (χ3n) is 3.34. The van der Waals surface area contributed by atoms with Gasteiger partial charge in [-0.3, -0.25) is 0 Å². The van der Waals surface area contributed by atoms with E-state index >= 15 is 0 Å². The van der Waals surface area contributed by atoms with Gasteiger partial charge in [-0.2, -0.15) is 16.9 Å². The summed E-state index contributed by atoms with van der Waals surface area (Å²) >= 11 is 1.67. The lowest BCUT2D eigenvalue weighted by atomic mass is 10.2. The number of benzene rings is 1. The van der Waals surface area contributed by atoms with E-state index in [-0.39, 0.29) is 12.1 Å². The molecule has 2 amide bonds. The van der Waals surface area contributed by atoms with Crippen LogP contribution in [0.5, 0.6) is 0 Å². The van der Waals surface area contributed by atoms with Gasteiger partial charge >= 0.3 is 6.03 Å². The van der Waals surface area contributed by atoms with Gasteiger partial charge in [0.15, 0.2) is 0 Å². The van der Waals surface area contributed by atoms with Crippen molar-refractivity contribution in [3.05, 3.63) is 42.5 Å². The molecule has 0 aliphatic carbocycles. The number of aromatic nitrogens is 2. The molecule has 0 fully saturated rings. The smallest absolute Gasteiger partial charge is 0.321 e. The van der Waals surface area contributed by atoms with E-state index in [9.17, 15) is 9.18 Å². The SMILES string of the molecule is CSC[C@H](C)N(C)C(=O)Nc1cc(F)ccc1-n1cccn1. The molecule has 2 aromatic rings. The van der Waals surface area contributed by atoms with Crippen molar-refractivity contribution in [2.24, 2.45) is 0 Å². The molecule has 0 aliphatic heterocycles. The number of amides is 2. The molecule has 0 aliphatic rings. The Labute approximate surface area is 133 Å². The largest absolute Gasteiger partial charge is 0.324 e. The highest BCUT2D eigenvalue weighted by Gasteiger charge is 2.17. The molecular weight excluding hydrogens is 303 g/mol. The zero-order valence-corrected chi connectivity index (χ0v) is 13.6. The van der Waals surface area contributed by atoms with Gasteiger partial charge in [0.05, 0.1) is 11.4 Å². The fourth-order valence-corrected chi connectivity index (χ4v) is 2.68. The van der Waals surface area contributed by atoms with Gasteiger partial charge in [0.1, 0.15) is 5.82 Å². The molecule has 5 nitrogen and oxygen atoms in total. The maximum Gasteiger partial charge on any atom is 0.321 e. The minimum absolute atomic E-state index is 0.0803. The van der Waals surface area contributed by atoms with Crippen LogP contribution in [0.15, 0.2) is 36.7 Å². The first kappa shape index (κ1) is 16.4. The van der Waals surface area contributed by atoms with Crippen LogP contribution in [-0.2, 0) is 0 Å². The van der Waals surface area contributed by atoms with Crippen molar-refractivity contribution < 1.29 is 9.18 Å². The quantitative estimate of drug-likeness (QED) is 0.919. The minimum Gasteiger partial charge on any atom is -0.324 e. The number of rotatable bonds is 5. The molecule has 22 heavy (non-hydrogen) atoms. The Bertz CT molecular complexity index is 632. The van der Waals surface area contributed by atoms with Gasteiger partial charge < -0.3 is 10.2 Å². The second-order valence-corrected chi connectivity index (χ2v) is 5.87. The van der Waals surface area contributed by atoms with Crippen LogP contribution in [0.3, 0.4) is 0 Å². The van der Waals surface area contributed by atoms with Crippen LogP contribution >= 0.6 is 11.8 Å². The normalized spacial score (nSPS) is 12.0. The zero-order valence-electron chi connectivity index (χ0n) is 12.8. The topological polar surface area (TPSA) is 50.2 Å². The van der Waals surface area contributed by atoms with Crippen LogP contribution in [0.2, 0.25) is 0 Å². The molecule has 1 N–H and O–H groups in total. The Morgan fingerprint density at radius 2 is 2.32 bits per heavy atom. The minimum atomic E-state index is -0.411. The summed E-state index contributed by atoms with van der Waals surface area (Å²) in [5, 5.41) is 6.88. The van der Waals surface area contributed by atoms with E-state index in [1.54, 1.807) is 52.9 Å². The number of halogens is 1. The second-order valence-electron chi connectivity index (χ2n) is 4.96. The van der Waals surface area contributed by atoms with E-state index in [4.69, 9.17) is 0 Å². The molecule has 1 aromatic heterocycles. The first-order valence-corrected chi connectivity index (χ1v) is 8.24. The van der Waals surface area contributed by atoms with Gasteiger partial charge in [0.2, 0.25) is 0 Å². The number of nitrogens with one attached hydrogen (secondary N) is 1. The van der Waals surface area contributed by atoms with Crippen molar-refractivity contribution in [1.29, 1.82) is 0 Å². The summed E-state index contributed by atoms with van der Waals surface area (Å²) in [6, 6.07) is 5.79. The van der Waals surface area contributed by atoms with E-state index in [0.29, 0.717) is 11.4 Å². The van der Waals surface area contributed by atoms with Crippen LogP contribution in [0.1, 0.15) is 6.92 Å². The number of hydrogen-bond acceptors (Lipinski definition) is 3. The first-order valence-electron chi connectivity index (χ1n) is 6.85. The Balaban J connectivity index is 2.22. The number of thioether (sulfide) groups is 1. The summed E-state index contributed by atoms with van der Waals surface area (Å²) in [7, 11) is 1.73. The average molecular weight is 322 g/mol. The van der Waals surface area contributed by atoms with E-state index in [1.807, 2.05) is 13.2 Å². The average Bonchev–Trinajstić information content (AvgIpc) is 3.00. The Hall–Kier alpha value is -2.02. The van der Waals surface area contributed by atoms with Gasteiger partial charge in [-0.05, 0) is 37.4 Å². The number of nitrogens with zero attached hydrogens (tertiary/aromatic N) is 3. The Morgan fingerprint density at radius 1 is 1.55 bits per heavy atom. The molecule has 1 atom stereocenters. The molecule has 1 aromatic carbocycles. The lowest BCUT2D eigenvalue weighted by Gasteiger charge is -2.25. The Kier molecular flexibility index (Phi) is 5.43. The number of hydrogen-bond donors (Lipinski definition) is 1. The van der Waals surface area contributed by atoms with Crippen molar-refractivity contribution in [1.82, 2.24) is 14.7 Å². The third kappa shape index (κ3) is 3.79. The third-order valence-corrected chi connectivity index (χ3v) is 4.16. The zero-order chi connectivity index (χ0) is 16.1. The second kappa shape index (κ2) is 7.31. The van der Waals surface area contributed by atoms with E-state index < -0.39 is 5.82 Å². The van der Waals surface area contributed by atoms with Gasteiger partial charge in [0.25, 0.3) is 0 Å². The molecule has 1 heterocycles. The summed E-state index contributed by atoms with van der Waals surface area (Å²) in [6.07, 6.45) is 5.36. The summed E-state index contributed by atoms with van der Waals surface area (Å²) in [4.78, 5) is 13.9. The standard InChI is InChI=1S/C15H19FN4OS/c1-11(10-22-3)19(2)15(21)18-13-9-12(16)5-6-14(13)20-8-4-7-17-20/h4-9,11H,10H2,1-3H3,(H,18,21)/t11-/m0/s1. The van der Waals surface area contributed by atoms with Gasteiger partial charge in [0, 0.05) is 31.2 Å². The molecule has 0 spiro atoms. The van der Waals surface area contributed by atoms with E-state index in [2.05, 4.69) is 10.4 Å². The van der Waals surface area contributed by atoms with Crippen LogP contribution in [-0.4, -0.2) is 45.8 Å². The monoisotopic (exact) mass is 322 g/mol. The molecule has 7 heteroatoms. The van der Waals surface area contributed by atoms with Crippen molar-refractivity contribution in [2.45, 2.75) is 13.0 Å². The number of urea groups is 1. The highest BCUT2D eigenvalue weighted by Crippen LogP contribution is 2.21. The van der Waals surface area contributed by atoms with Crippen molar-refractivity contribution in [3.8, 4) is 5.69 Å². The molecule has 0 saturated carbocycles. The first-order chi connectivity index (χ1) is 10.5. The maximum atomic E-state index is 13.5. The highest BCUT2D eigenvalue weighted by molar-refractivity contribution is 7.98. The molecule has 118 valence electrons. The van der Waals surface area contributed by atoms with Crippen molar-refractivity contribution >= 4 is 23.5 Å². The predicted molar refractivity (Wildman–Crippen MR) is 88.1 cm³/mol. The van der Waals surface area contributed by atoms with Crippen LogP contribution in [0.25, 0.3) is 5.69 Å². The van der Waals surface area contributed by atoms with Crippen molar-refractivity contribution in [3.63, 3.8) is 0 Å². The van der Waals surface area contributed by atoms with Gasteiger partial charge in [-0.15, -0.1) is 0 Å². The Morgan fingerprint density at radius 3 is 2.95 bits per heavy atom. The summed E-state index contributed by atoms with van der Waals surface area (Å²) in [5.74, 6) is 0.421. The van der Waals surface area contributed by atoms with E-state index in [1.165, 1.54) is 12.1 Å². The lowest BCUT2D eigenvalue weighted by molar-refractivity contribution is 0.212. The number of anilines is 1. The van der Waals surface area contributed by atoms with Gasteiger partial charge in [-0.25, -0.2) is 13.9 Å². The fraction of sp³-hybridized carbons (Fsp3) is 0.333. The van der Waals surface area contributed by atoms with E-state index in [0.717, 1.165) is 5.75 Å². The number of carbonyl (C=O) groups excluding carboxylic acids is 1. The van der Waals surface area contributed by atoms with Crippen LogP contribution in [0.4, 0.5) is 14.9 Å². The molecule has 0 saturated heterocycles. The molecule has 2 rings (SSSR count). The summed E-state index contributed by atoms with van der Waals surface area (Å²) < 4.78 is 15.1. The summed E-state index contributed by atoms with van der Waals surface area (Å²) in [6.45, 7) is 1.97. The fourth-order valence-electron chi connectivity index (χ4n) is 1.98. The highest BCUT2D eigenvalue weighted by atomic mass is 32.2. The van der Waals surface area contributed by atoms with Crippen molar-refractivity contribution in [2.75, 3.05) is 24.4 Å². The molecule has 0 unspecified atom stereocenters. The lowest BCUT2D eigenvalue weighted by Crippen LogP contribution is -2.39. The predicted octanol–water partition coefficient (Wildman–Crippen LogP) is 3.23. The molecule has 0 bridgehead atoms.